The summed E-state index contributed by atoms with van der Waals surface area (Å²) in [6.07, 6.45) is 3.81. The lowest BCUT2D eigenvalue weighted by atomic mass is 9.92. The average molecular weight is 255 g/mol. The van der Waals surface area contributed by atoms with Gasteiger partial charge in [0.15, 0.2) is 0 Å². The molecule has 104 valence electrons. The van der Waals surface area contributed by atoms with Gasteiger partial charge in [-0.3, -0.25) is 9.69 Å². The summed E-state index contributed by atoms with van der Waals surface area (Å²) >= 11 is 0. The standard InChI is InChI=1S/C13H25N3O2/c1-13(4-8-18-9-5-13)15-12(17)10-16-6-2-11(14)3-7-16/h11H,2-10,14H2,1H3,(H,15,17). The summed E-state index contributed by atoms with van der Waals surface area (Å²) < 4.78 is 5.33. The van der Waals surface area contributed by atoms with E-state index in [-0.39, 0.29) is 11.4 Å². The fourth-order valence-electron chi connectivity index (χ4n) is 2.64. The van der Waals surface area contributed by atoms with Crippen LogP contribution in [-0.4, -0.2) is 55.2 Å². The number of nitrogens with one attached hydrogen (secondary N) is 1. The van der Waals surface area contributed by atoms with Crippen LogP contribution < -0.4 is 11.1 Å². The van der Waals surface area contributed by atoms with E-state index in [2.05, 4.69) is 17.1 Å². The minimum atomic E-state index is -0.0818. The molecule has 5 heteroatoms. The Morgan fingerprint density at radius 2 is 2.00 bits per heavy atom. The van der Waals surface area contributed by atoms with Crippen molar-refractivity contribution in [3.05, 3.63) is 0 Å². The van der Waals surface area contributed by atoms with Crippen molar-refractivity contribution in [2.45, 2.75) is 44.2 Å². The van der Waals surface area contributed by atoms with Crippen molar-refractivity contribution in [3.8, 4) is 0 Å². The van der Waals surface area contributed by atoms with Crippen molar-refractivity contribution in [2.24, 2.45) is 5.73 Å². The molecule has 0 aromatic carbocycles. The average Bonchev–Trinajstić information content (AvgIpc) is 2.32. The van der Waals surface area contributed by atoms with Crippen LogP contribution in [0.3, 0.4) is 0 Å². The van der Waals surface area contributed by atoms with Gasteiger partial charge in [-0.25, -0.2) is 0 Å². The highest BCUT2D eigenvalue weighted by molar-refractivity contribution is 5.78. The van der Waals surface area contributed by atoms with Gasteiger partial charge < -0.3 is 15.8 Å². The molecule has 0 aliphatic carbocycles. The molecule has 0 radical (unpaired) electrons. The topological polar surface area (TPSA) is 67.6 Å². The molecule has 3 N–H and O–H groups in total. The lowest BCUT2D eigenvalue weighted by Crippen LogP contribution is -2.53. The highest BCUT2D eigenvalue weighted by atomic mass is 16.5. The third kappa shape index (κ3) is 3.93. The molecule has 0 aromatic heterocycles. The molecule has 2 saturated heterocycles. The first-order valence-electron chi connectivity index (χ1n) is 6.94. The number of likely N-dealkylation sites (tertiary alicyclic amines) is 1. The number of carbonyl (C=O) groups excluding carboxylic acids is 1. The second-order valence-corrected chi connectivity index (χ2v) is 5.83. The second-order valence-electron chi connectivity index (χ2n) is 5.83. The summed E-state index contributed by atoms with van der Waals surface area (Å²) in [6, 6.07) is 0.317. The molecule has 1 amide bonds. The van der Waals surface area contributed by atoms with Crippen molar-refractivity contribution in [1.82, 2.24) is 10.2 Å². The van der Waals surface area contributed by atoms with E-state index in [1.165, 1.54) is 0 Å². The third-order valence-corrected chi connectivity index (χ3v) is 4.04. The van der Waals surface area contributed by atoms with Crippen molar-refractivity contribution in [3.63, 3.8) is 0 Å². The lowest BCUT2D eigenvalue weighted by Gasteiger charge is -2.36. The van der Waals surface area contributed by atoms with E-state index >= 15 is 0 Å². The van der Waals surface area contributed by atoms with Crippen molar-refractivity contribution in [1.29, 1.82) is 0 Å². The summed E-state index contributed by atoms with van der Waals surface area (Å²) in [5, 5.41) is 3.16. The van der Waals surface area contributed by atoms with Gasteiger partial charge in [-0.15, -0.1) is 0 Å². The van der Waals surface area contributed by atoms with Gasteiger partial charge in [0, 0.05) is 37.9 Å². The van der Waals surface area contributed by atoms with Crippen LogP contribution in [0.1, 0.15) is 32.6 Å². The molecule has 2 rings (SSSR count). The van der Waals surface area contributed by atoms with Crippen LogP contribution in [-0.2, 0) is 9.53 Å². The minimum Gasteiger partial charge on any atom is -0.381 e. The molecule has 0 spiro atoms. The Hall–Kier alpha value is -0.650. The summed E-state index contributed by atoms with van der Waals surface area (Å²) in [5.41, 5.74) is 5.78. The molecule has 2 aliphatic rings. The predicted molar refractivity (Wildman–Crippen MR) is 70.3 cm³/mol. The Morgan fingerprint density at radius 1 is 1.39 bits per heavy atom. The number of hydrogen-bond donors (Lipinski definition) is 2. The Morgan fingerprint density at radius 3 is 2.61 bits per heavy atom. The first kappa shape index (κ1) is 13.8. The number of piperidine rings is 1. The van der Waals surface area contributed by atoms with Crippen LogP contribution in [0.4, 0.5) is 0 Å². The Labute approximate surface area is 109 Å². The normalized spacial score (nSPS) is 25.9. The Kier molecular flexibility index (Phi) is 4.59. The van der Waals surface area contributed by atoms with E-state index < -0.39 is 0 Å². The summed E-state index contributed by atoms with van der Waals surface area (Å²) in [4.78, 5) is 14.2. The minimum absolute atomic E-state index is 0.0818. The number of hydrogen-bond acceptors (Lipinski definition) is 4. The smallest absolute Gasteiger partial charge is 0.234 e. The third-order valence-electron chi connectivity index (χ3n) is 4.04. The van der Waals surface area contributed by atoms with Crippen LogP contribution in [0.25, 0.3) is 0 Å². The highest BCUT2D eigenvalue weighted by Crippen LogP contribution is 2.19. The Bertz CT molecular complexity index is 282. The van der Waals surface area contributed by atoms with E-state index in [9.17, 15) is 4.79 Å². The van der Waals surface area contributed by atoms with E-state index in [0.29, 0.717) is 12.6 Å². The predicted octanol–water partition coefficient (Wildman–Crippen LogP) is 0.0948. The van der Waals surface area contributed by atoms with Gasteiger partial charge in [0.2, 0.25) is 5.91 Å². The number of amides is 1. The maximum Gasteiger partial charge on any atom is 0.234 e. The molecular formula is C13H25N3O2. The number of nitrogens with zero attached hydrogens (tertiary/aromatic N) is 1. The summed E-state index contributed by atoms with van der Waals surface area (Å²) in [5.74, 6) is 0.134. The molecule has 2 aliphatic heterocycles. The van der Waals surface area contributed by atoms with Gasteiger partial charge in [0.25, 0.3) is 0 Å². The molecule has 2 fully saturated rings. The van der Waals surface area contributed by atoms with E-state index in [0.717, 1.165) is 52.0 Å². The monoisotopic (exact) mass is 255 g/mol. The van der Waals surface area contributed by atoms with Gasteiger partial charge in [-0.1, -0.05) is 0 Å². The molecule has 5 nitrogen and oxygen atoms in total. The molecule has 2 heterocycles. The van der Waals surface area contributed by atoms with Gasteiger partial charge in [0.1, 0.15) is 0 Å². The van der Waals surface area contributed by atoms with Crippen LogP contribution >= 0.6 is 0 Å². The molecule has 0 bridgehead atoms. The second kappa shape index (κ2) is 5.99. The van der Waals surface area contributed by atoms with Gasteiger partial charge >= 0.3 is 0 Å². The molecule has 0 atom stereocenters. The molecule has 0 saturated carbocycles. The quantitative estimate of drug-likeness (QED) is 0.750. The number of nitrogens with two attached hydrogens (primary N) is 1. The highest BCUT2D eigenvalue weighted by Gasteiger charge is 2.29. The van der Waals surface area contributed by atoms with E-state index in [4.69, 9.17) is 10.5 Å². The van der Waals surface area contributed by atoms with Crippen LogP contribution in [0.15, 0.2) is 0 Å². The van der Waals surface area contributed by atoms with Crippen molar-refractivity contribution < 1.29 is 9.53 Å². The molecule has 0 unspecified atom stereocenters. The zero-order chi connectivity index (χ0) is 13.0. The molecule has 0 aromatic rings. The summed E-state index contributed by atoms with van der Waals surface area (Å²) in [7, 11) is 0. The number of ether oxygens (including phenoxy) is 1. The van der Waals surface area contributed by atoms with Crippen LogP contribution in [0.2, 0.25) is 0 Å². The number of rotatable bonds is 3. The van der Waals surface area contributed by atoms with Crippen molar-refractivity contribution >= 4 is 5.91 Å². The molecular weight excluding hydrogens is 230 g/mol. The van der Waals surface area contributed by atoms with E-state index in [1.807, 2.05) is 0 Å². The van der Waals surface area contributed by atoms with Crippen LogP contribution in [0.5, 0.6) is 0 Å². The van der Waals surface area contributed by atoms with Crippen molar-refractivity contribution in [2.75, 3.05) is 32.8 Å². The fourth-order valence-corrected chi connectivity index (χ4v) is 2.64. The summed E-state index contributed by atoms with van der Waals surface area (Å²) in [6.45, 7) is 5.98. The SMILES string of the molecule is CC1(NC(=O)CN2CCC(N)CC2)CCOCC1. The zero-order valence-corrected chi connectivity index (χ0v) is 11.3. The van der Waals surface area contributed by atoms with Gasteiger partial charge in [-0.05, 0) is 32.6 Å². The zero-order valence-electron chi connectivity index (χ0n) is 11.3. The maximum absolute atomic E-state index is 12.0. The van der Waals surface area contributed by atoms with E-state index in [1.54, 1.807) is 0 Å². The molecule has 18 heavy (non-hydrogen) atoms. The first-order chi connectivity index (χ1) is 8.57. The largest absolute Gasteiger partial charge is 0.381 e. The number of carbonyl (C=O) groups is 1. The fraction of sp³-hybridized carbons (Fsp3) is 0.923. The lowest BCUT2D eigenvalue weighted by molar-refractivity contribution is -0.125. The van der Waals surface area contributed by atoms with Crippen LogP contribution in [0, 0.1) is 0 Å². The van der Waals surface area contributed by atoms with Gasteiger partial charge in [0.05, 0.1) is 6.54 Å². The maximum atomic E-state index is 12.0. The Balaban J connectivity index is 1.74. The first-order valence-corrected chi connectivity index (χ1v) is 6.94. The van der Waals surface area contributed by atoms with Gasteiger partial charge in [-0.2, -0.15) is 0 Å².